The lowest BCUT2D eigenvalue weighted by molar-refractivity contribution is -0.0444. The van der Waals surface area contributed by atoms with Crippen molar-refractivity contribution in [2.24, 2.45) is 29.1 Å². The summed E-state index contributed by atoms with van der Waals surface area (Å²) in [4.78, 5) is 0. The van der Waals surface area contributed by atoms with E-state index in [1.807, 2.05) is 6.08 Å². The van der Waals surface area contributed by atoms with Crippen molar-refractivity contribution in [3.8, 4) is 0 Å². The molecule has 0 bridgehead atoms. The van der Waals surface area contributed by atoms with Crippen LogP contribution in [0.2, 0.25) is 0 Å². The summed E-state index contributed by atoms with van der Waals surface area (Å²) >= 11 is 0. The summed E-state index contributed by atoms with van der Waals surface area (Å²) in [5.41, 5.74) is 3.22. The van der Waals surface area contributed by atoms with Gasteiger partial charge in [0.1, 0.15) is 0 Å². The zero-order valence-corrected chi connectivity index (χ0v) is 13.3. The molecule has 7 atom stereocenters. The van der Waals surface area contributed by atoms with Gasteiger partial charge < -0.3 is 10.2 Å². The topological polar surface area (TPSA) is 40.5 Å². The van der Waals surface area contributed by atoms with Gasteiger partial charge in [0.2, 0.25) is 0 Å². The zero-order chi connectivity index (χ0) is 14.8. The second-order valence-corrected chi connectivity index (χ2v) is 8.30. The first kappa shape index (κ1) is 14.0. The van der Waals surface area contributed by atoms with Crippen LogP contribution in [0.15, 0.2) is 23.3 Å². The largest absolute Gasteiger partial charge is 0.393 e. The molecule has 0 heterocycles. The Hall–Kier alpha value is -0.600. The average Bonchev–Trinajstić information content (AvgIpc) is 2.74. The summed E-state index contributed by atoms with van der Waals surface area (Å²) in [6.45, 7) is 4.74. The van der Waals surface area contributed by atoms with Gasteiger partial charge in [-0.05, 0) is 73.2 Å². The van der Waals surface area contributed by atoms with E-state index < -0.39 is 0 Å². The van der Waals surface area contributed by atoms with Gasteiger partial charge in [0.05, 0.1) is 12.2 Å². The Morgan fingerprint density at radius 1 is 1.14 bits per heavy atom. The van der Waals surface area contributed by atoms with Crippen LogP contribution in [-0.4, -0.2) is 22.4 Å². The van der Waals surface area contributed by atoms with Crippen molar-refractivity contribution in [3.63, 3.8) is 0 Å². The van der Waals surface area contributed by atoms with E-state index >= 15 is 0 Å². The van der Waals surface area contributed by atoms with Gasteiger partial charge in [-0.2, -0.15) is 0 Å². The van der Waals surface area contributed by atoms with Crippen molar-refractivity contribution >= 4 is 0 Å². The van der Waals surface area contributed by atoms with E-state index in [1.54, 1.807) is 5.57 Å². The van der Waals surface area contributed by atoms with Crippen LogP contribution in [-0.2, 0) is 0 Å². The fraction of sp³-hybridized carbons (Fsp3) is 0.789. The summed E-state index contributed by atoms with van der Waals surface area (Å²) in [7, 11) is 0. The zero-order valence-electron chi connectivity index (χ0n) is 13.3. The van der Waals surface area contributed by atoms with E-state index in [-0.39, 0.29) is 17.6 Å². The number of aliphatic hydroxyl groups is 2. The minimum atomic E-state index is -0.269. The van der Waals surface area contributed by atoms with Crippen molar-refractivity contribution in [2.75, 3.05) is 0 Å². The maximum Gasteiger partial charge on any atom is 0.0761 e. The Labute approximate surface area is 127 Å². The molecule has 21 heavy (non-hydrogen) atoms. The van der Waals surface area contributed by atoms with Crippen molar-refractivity contribution in [1.29, 1.82) is 0 Å². The molecule has 0 aliphatic heterocycles. The van der Waals surface area contributed by atoms with Crippen LogP contribution in [0, 0.1) is 29.1 Å². The summed E-state index contributed by atoms with van der Waals surface area (Å²) in [6, 6.07) is 0. The maximum absolute atomic E-state index is 10.5. The van der Waals surface area contributed by atoms with Gasteiger partial charge in [0.25, 0.3) is 0 Å². The lowest BCUT2D eigenvalue weighted by atomic mass is 9.52. The Balaban J connectivity index is 1.70. The van der Waals surface area contributed by atoms with E-state index in [2.05, 4.69) is 19.9 Å². The number of aliphatic hydroxyl groups excluding tert-OH is 2. The first-order valence-corrected chi connectivity index (χ1v) is 8.77. The van der Waals surface area contributed by atoms with Gasteiger partial charge in [0, 0.05) is 0 Å². The molecule has 0 amide bonds. The monoisotopic (exact) mass is 288 g/mol. The predicted molar refractivity (Wildman–Crippen MR) is 83.6 cm³/mol. The third-order valence-electron chi connectivity index (χ3n) is 7.27. The van der Waals surface area contributed by atoms with Crippen LogP contribution < -0.4 is 0 Å². The molecule has 2 saturated carbocycles. The molecule has 0 radical (unpaired) electrons. The number of rotatable bonds is 0. The first-order valence-electron chi connectivity index (χ1n) is 8.77. The number of hydrogen-bond donors (Lipinski definition) is 2. The van der Waals surface area contributed by atoms with E-state index in [0.717, 1.165) is 25.2 Å². The van der Waals surface area contributed by atoms with E-state index in [9.17, 15) is 10.2 Å². The van der Waals surface area contributed by atoms with Crippen LogP contribution >= 0.6 is 0 Å². The highest BCUT2D eigenvalue weighted by Crippen LogP contribution is 2.61. The van der Waals surface area contributed by atoms with Gasteiger partial charge >= 0.3 is 0 Å². The molecule has 2 N–H and O–H groups in total. The molecule has 4 aliphatic carbocycles. The van der Waals surface area contributed by atoms with Crippen molar-refractivity contribution in [1.82, 2.24) is 0 Å². The molecule has 2 nitrogen and oxygen atoms in total. The van der Waals surface area contributed by atoms with Crippen LogP contribution in [0.4, 0.5) is 0 Å². The number of allylic oxidation sites excluding steroid dienone is 2. The predicted octanol–water partition coefficient (Wildman–Crippen LogP) is 3.45. The summed E-state index contributed by atoms with van der Waals surface area (Å²) in [5.74, 6) is 2.80. The molecule has 4 aliphatic rings. The van der Waals surface area contributed by atoms with Gasteiger partial charge in [-0.25, -0.2) is 0 Å². The standard InChI is InChI=1S/C19H28O2/c1-11-9-12-10-13(20)3-4-14(12)15-7-8-19(2)16(18(11)15)5-6-17(19)21/h3-4,11,13,15-18,20-21H,5-10H2,1-2H3. The second kappa shape index (κ2) is 4.70. The lowest BCUT2D eigenvalue weighted by Gasteiger charge is -2.53. The molecule has 0 saturated heterocycles. The highest BCUT2D eigenvalue weighted by Gasteiger charge is 2.56. The molecule has 116 valence electrons. The Morgan fingerprint density at radius 3 is 2.76 bits per heavy atom. The van der Waals surface area contributed by atoms with E-state index in [1.165, 1.54) is 24.8 Å². The van der Waals surface area contributed by atoms with E-state index in [0.29, 0.717) is 17.8 Å². The van der Waals surface area contributed by atoms with Crippen molar-refractivity contribution in [2.45, 2.75) is 64.6 Å². The molecule has 2 heteroatoms. The van der Waals surface area contributed by atoms with E-state index in [4.69, 9.17) is 0 Å². The van der Waals surface area contributed by atoms with Crippen LogP contribution in [0.25, 0.3) is 0 Å². The van der Waals surface area contributed by atoms with Crippen LogP contribution in [0.1, 0.15) is 52.4 Å². The molecule has 7 unspecified atom stereocenters. The molecule has 0 aromatic rings. The van der Waals surface area contributed by atoms with Gasteiger partial charge in [-0.3, -0.25) is 0 Å². The van der Waals surface area contributed by atoms with Crippen molar-refractivity contribution < 1.29 is 10.2 Å². The molecule has 4 rings (SSSR count). The van der Waals surface area contributed by atoms with Crippen LogP contribution in [0.5, 0.6) is 0 Å². The molecular formula is C19H28O2. The summed E-state index contributed by atoms with van der Waals surface area (Å²) in [5, 5.41) is 20.4. The fourth-order valence-electron chi connectivity index (χ4n) is 6.21. The summed E-state index contributed by atoms with van der Waals surface area (Å²) < 4.78 is 0. The third kappa shape index (κ3) is 1.91. The van der Waals surface area contributed by atoms with Crippen LogP contribution in [0.3, 0.4) is 0 Å². The maximum atomic E-state index is 10.5. The minimum absolute atomic E-state index is 0.0882. The third-order valence-corrected chi connectivity index (χ3v) is 7.27. The number of hydrogen-bond acceptors (Lipinski definition) is 2. The minimum Gasteiger partial charge on any atom is -0.393 e. The molecule has 0 spiro atoms. The number of fused-ring (bicyclic) bond motifs is 4. The SMILES string of the molecule is CC1CC2=C(C=CC(O)C2)C2CCC3(C)C(O)CCC3C12. The smallest absolute Gasteiger partial charge is 0.0761 e. The van der Waals surface area contributed by atoms with Gasteiger partial charge in [0.15, 0.2) is 0 Å². The molecule has 2 fully saturated rings. The Kier molecular flexibility index (Phi) is 3.14. The second-order valence-electron chi connectivity index (χ2n) is 8.30. The normalized spacial score (nSPS) is 52.4. The first-order chi connectivity index (χ1) is 10.0. The van der Waals surface area contributed by atoms with Gasteiger partial charge in [-0.15, -0.1) is 0 Å². The quantitative estimate of drug-likeness (QED) is 0.717. The molecular weight excluding hydrogens is 260 g/mol. The van der Waals surface area contributed by atoms with Crippen molar-refractivity contribution in [3.05, 3.63) is 23.3 Å². The summed E-state index contributed by atoms with van der Waals surface area (Å²) in [6.07, 6.45) is 10.5. The molecule has 0 aromatic carbocycles. The van der Waals surface area contributed by atoms with Gasteiger partial charge in [-0.1, -0.05) is 31.6 Å². The molecule has 0 aromatic heterocycles. The fourth-order valence-corrected chi connectivity index (χ4v) is 6.21. The average molecular weight is 288 g/mol. The Bertz CT molecular complexity index is 506. The highest BCUT2D eigenvalue weighted by atomic mass is 16.3. The Morgan fingerprint density at radius 2 is 1.95 bits per heavy atom. The highest BCUT2D eigenvalue weighted by molar-refractivity contribution is 5.37. The lowest BCUT2D eigenvalue weighted by Crippen LogP contribution is -2.47.